The van der Waals surface area contributed by atoms with Crippen LogP contribution in [0, 0.1) is 24.1 Å². The van der Waals surface area contributed by atoms with Crippen LogP contribution < -0.4 is 15.4 Å². The standard InChI is InChI=1S/C32H32FN5O2S2/c1-3-4-14-37-29(36-17-15-35(16-18-36)25-12-10-24(33)11-13-25)26(22(2)27(20-34)30(37)39)19-28-31(40)38(32(41)42-28)21-23-8-6-5-7-9-23/h5-13,19H,3-4,14-18,21H2,1-2H3/b28-19+. The predicted octanol–water partition coefficient (Wildman–Crippen LogP) is 5.70. The van der Waals surface area contributed by atoms with Crippen molar-refractivity contribution < 1.29 is 9.18 Å². The number of pyridine rings is 1. The van der Waals surface area contributed by atoms with Gasteiger partial charge in [-0.1, -0.05) is 67.7 Å². The molecule has 0 N–H and O–H groups in total. The third kappa shape index (κ3) is 5.98. The first-order valence-corrected chi connectivity index (χ1v) is 15.3. The van der Waals surface area contributed by atoms with Crippen molar-refractivity contribution >= 4 is 51.8 Å². The minimum atomic E-state index is -0.312. The van der Waals surface area contributed by atoms with Gasteiger partial charge in [0.25, 0.3) is 11.5 Å². The molecule has 0 atom stereocenters. The van der Waals surface area contributed by atoms with Crippen molar-refractivity contribution in [1.82, 2.24) is 9.47 Å². The molecule has 3 heterocycles. The molecule has 2 aliphatic rings. The minimum Gasteiger partial charge on any atom is -0.368 e. The molecule has 2 aliphatic heterocycles. The molecule has 1 amide bonds. The summed E-state index contributed by atoms with van der Waals surface area (Å²) in [6, 6.07) is 18.3. The summed E-state index contributed by atoms with van der Waals surface area (Å²) < 4.78 is 15.7. The zero-order valence-electron chi connectivity index (χ0n) is 23.7. The fraction of sp³-hybridized carbons (Fsp3) is 0.312. The second-order valence-electron chi connectivity index (χ2n) is 10.4. The van der Waals surface area contributed by atoms with Gasteiger partial charge in [-0.25, -0.2) is 4.39 Å². The lowest BCUT2D eigenvalue weighted by molar-refractivity contribution is -0.122. The predicted molar refractivity (Wildman–Crippen MR) is 171 cm³/mol. The van der Waals surface area contributed by atoms with Crippen LogP contribution in [0.2, 0.25) is 0 Å². The monoisotopic (exact) mass is 601 g/mol. The van der Waals surface area contributed by atoms with E-state index in [0.717, 1.165) is 29.9 Å². The summed E-state index contributed by atoms with van der Waals surface area (Å²) in [6.07, 6.45) is 3.46. The lowest BCUT2D eigenvalue weighted by atomic mass is 10.0. The van der Waals surface area contributed by atoms with Crippen molar-refractivity contribution in [2.24, 2.45) is 0 Å². The number of carbonyl (C=O) groups is 1. The van der Waals surface area contributed by atoms with E-state index in [9.17, 15) is 19.2 Å². The number of unbranched alkanes of at least 4 members (excludes halogenated alkanes) is 1. The molecule has 0 unspecified atom stereocenters. The van der Waals surface area contributed by atoms with E-state index in [1.54, 1.807) is 28.5 Å². The number of piperazine rings is 1. The van der Waals surface area contributed by atoms with Gasteiger partial charge in [0, 0.05) is 44.0 Å². The van der Waals surface area contributed by atoms with Gasteiger partial charge in [-0.15, -0.1) is 0 Å². The van der Waals surface area contributed by atoms with Gasteiger partial charge >= 0.3 is 0 Å². The van der Waals surface area contributed by atoms with E-state index in [4.69, 9.17) is 12.2 Å². The van der Waals surface area contributed by atoms with Crippen LogP contribution in [-0.2, 0) is 17.9 Å². The summed E-state index contributed by atoms with van der Waals surface area (Å²) in [4.78, 5) is 33.6. The smallest absolute Gasteiger partial charge is 0.270 e. The average Bonchev–Trinajstić information content (AvgIpc) is 3.26. The maximum absolute atomic E-state index is 13.6. The number of nitrogens with zero attached hydrogens (tertiary/aromatic N) is 5. The van der Waals surface area contributed by atoms with Crippen LogP contribution in [0.5, 0.6) is 0 Å². The largest absolute Gasteiger partial charge is 0.368 e. The fourth-order valence-electron chi connectivity index (χ4n) is 5.37. The summed E-state index contributed by atoms with van der Waals surface area (Å²) in [5.74, 6) is 0.256. The molecule has 0 spiro atoms. The van der Waals surface area contributed by atoms with Crippen molar-refractivity contribution in [2.75, 3.05) is 36.0 Å². The number of hydrogen-bond donors (Lipinski definition) is 0. The Bertz CT molecular complexity index is 1620. The Hall–Kier alpha value is -3.94. The van der Waals surface area contributed by atoms with Gasteiger partial charge in [0.05, 0.1) is 11.4 Å². The topological polar surface area (TPSA) is 72.6 Å². The van der Waals surface area contributed by atoms with Gasteiger partial charge in [-0.05, 0) is 54.8 Å². The molecule has 2 fully saturated rings. The SMILES string of the molecule is CCCCn1c(N2CCN(c3ccc(F)cc3)CC2)c(/C=C2/SC(=S)N(Cc3ccccc3)C2=O)c(C)c(C#N)c1=O. The number of aromatic nitrogens is 1. The molecule has 7 nitrogen and oxygen atoms in total. The van der Waals surface area contributed by atoms with Crippen LogP contribution in [0.25, 0.3) is 6.08 Å². The van der Waals surface area contributed by atoms with Crippen LogP contribution in [-0.4, -0.2) is 45.9 Å². The number of amides is 1. The molecule has 0 saturated carbocycles. The summed E-state index contributed by atoms with van der Waals surface area (Å²) in [5.41, 5.74) is 2.94. The zero-order chi connectivity index (χ0) is 29.8. The van der Waals surface area contributed by atoms with E-state index in [1.165, 1.54) is 23.9 Å². The van der Waals surface area contributed by atoms with Crippen molar-refractivity contribution in [3.63, 3.8) is 0 Å². The van der Waals surface area contributed by atoms with Gasteiger partial charge in [0.15, 0.2) is 0 Å². The van der Waals surface area contributed by atoms with E-state index < -0.39 is 0 Å². The van der Waals surface area contributed by atoms with Crippen molar-refractivity contribution in [3.05, 3.63) is 97.9 Å². The first-order chi connectivity index (χ1) is 20.3. The Morgan fingerprint density at radius 2 is 1.69 bits per heavy atom. The number of carbonyl (C=O) groups excluding carboxylic acids is 1. The Kier molecular flexibility index (Phi) is 9.09. The minimum absolute atomic E-state index is 0.0887. The molecule has 3 aromatic rings. The number of halogens is 1. The Labute approximate surface area is 254 Å². The number of rotatable bonds is 8. The third-order valence-electron chi connectivity index (χ3n) is 7.69. The van der Waals surface area contributed by atoms with Crippen molar-refractivity contribution in [2.45, 2.75) is 39.8 Å². The van der Waals surface area contributed by atoms with Crippen molar-refractivity contribution in [1.29, 1.82) is 5.26 Å². The lowest BCUT2D eigenvalue weighted by Gasteiger charge is -2.39. The quantitative estimate of drug-likeness (QED) is 0.243. The second-order valence-corrected chi connectivity index (χ2v) is 12.0. The first kappa shape index (κ1) is 29.5. The Balaban J connectivity index is 1.54. The second kappa shape index (κ2) is 12.9. The van der Waals surface area contributed by atoms with Crippen LogP contribution in [0.1, 0.15) is 42.0 Å². The third-order valence-corrected chi connectivity index (χ3v) is 9.06. The molecule has 2 aromatic carbocycles. The fourth-order valence-corrected chi connectivity index (χ4v) is 6.61. The van der Waals surface area contributed by atoms with Gasteiger partial charge in [0.2, 0.25) is 0 Å². The molecule has 216 valence electrons. The number of thioether (sulfide) groups is 1. The van der Waals surface area contributed by atoms with E-state index in [-0.39, 0.29) is 22.8 Å². The molecule has 2 saturated heterocycles. The van der Waals surface area contributed by atoms with Gasteiger partial charge in [0.1, 0.15) is 27.6 Å². The maximum Gasteiger partial charge on any atom is 0.270 e. The molecular formula is C32H32FN5O2S2. The molecule has 42 heavy (non-hydrogen) atoms. The number of hydrogen-bond acceptors (Lipinski definition) is 7. The summed E-state index contributed by atoms with van der Waals surface area (Å²) in [6.45, 7) is 7.25. The Morgan fingerprint density at radius 1 is 1.02 bits per heavy atom. The lowest BCUT2D eigenvalue weighted by Crippen LogP contribution is -2.48. The van der Waals surface area contributed by atoms with E-state index in [2.05, 4.69) is 22.8 Å². The molecule has 10 heteroatoms. The average molecular weight is 602 g/mol. The molecule has 0 aliphatic carbocycles. The highest BCUT2D eigenvalue weighted by molar-refractivity contribution is 8.26. The first-order valence-electron chi connectivity index (χ1n) is 14.0. The van der Waals surface area contributed by atoms with Gasteiger partial charge in [-0.3, -0.25) is 19.1 Å². The van der Waals surface area contributed by atoms with Crippen LogP contribution in [0.15, 0.2) is 64.3 Å². The molecule has 0 bridgehead atoms. The number of thiocarbonyl (C=S) groups is 1. The van der Waals surface area contributed by atoms with Crippen LogP contribution in [0.4, 0.5) is 15.9 Å². The highest BCUT2D eigenvalue weighted by Gasteiger charge is 2.34. The zero-order valence-corrected chi connectivity index (χ0v) is 25.3. The van der Waals surface area contributed by atoms with Gasteiger partial charge in [-0.2, -0.15) is 5.26 Å². The Morgan fingerprint density at radius 3 is 2.33 bits per heavy atom. The normalized spacial score (nSPS) is 16.4. The summed E-state index contributed by atoms with van der Waals surface area (Å²) >= 11 is 6.84. The van der Waals surface area contributed by atoms with Gasteiger partial charge < -0.3 is 9.80 Å². The highest BCUT2D eigenvalue weighted by atomic mass is 32.2. The summed E-state index contributed by atoms with van der Waals surface area (Å²) in [7, 11) is 0. The van der Waals surface area contributed by atoms with Crippen LogP contribution >= 0.6 is 24.0 Å². The maximum atomic E-state index is 13.6. The highest BCUT2D eigenvalue weighted by Crippen LogP contribution is 2.37. The molecular weight excluding hydrogens is 570 g/mol. The van der Waals surface area contributed by atoms with Crippen LogP contribution in [0.3, 0.4) is 0 Å². The summed E-state index contributed by atoms with van der Waals surface area (Å²) in [5, 5.41) is 9.98. The van der Waals surface area contributed by atoms with E-state index in [1.807, 2.05) is 36.4 Å². The number of benzene rings is 2. The van der Waals surface area contributed by atoms with Crippen molar-refractivity contribution in [3.8, 4) is 6.07 Å². The molecule has 1 aromatic heterocycles. The molecule has 5 rings (SSSR count). The number of anilines is 2. The molecule has 0 radical (unpaired) electrons. The number of nitriles is 1. The van der Waals surface area contributed by atoms with E-state index in [0.29, 0.717) is 59.6 Å². The van der Waals surface area contributed by atoms with E-state index >= 15 is 0 Å².